The minimum atomic E-state index is -0.677. The number of aromatic amines is 1. The van der Waals surface area contributed by atoms with Crippen molar-refractivity contribution in [2.24, 2.45) is 0 Å². The topological polar surface area (TPSA) is 135 Å². The normalized spacial score (nSPS) is 13.2. The van der Waals surface area contributed by atoms with Crippen LogP contribution in [0, 0.1) is 11.3 Å². The van der Waals surface area contributed by atoms with Crippen LogP contribution in [0.15, 0.2) is 48.2 Å². The van der Waals surface area contributed by atoms with Crippen molar-refractivity contribution in [3.8, 4) is 17.6 Å². The number of carbonyl (C=O) groups is 2. The summed E-state index contributed by atoms with van der Waals surface area (Å²) in [5, 5.41) is 19.6. The molecule has 3 aromatic rings. The van der Waals surface area contributed by atoms with Gasteiger partial charge in [0.05, 0.1) is 17.5 Å². The molecule has 0 unspecified atom stereocenters. The molecule has 0 aliphatic carbocycles. The highest BCUT2D eigenvalue weighted by Crippen LogP contribution is 2.31. The molecule has 4 rings (SSSR count). The molecule has 0 fully saturated rings. The third kappa shape index (κ3) is 4.54. The SMILES string of the molecule is N#C/C(=C(\O)COC(=O)CCC(=O)c1ccc2c(c1)OCCO2)c1nc2ccccc2[nH]1. The summed E-state index contributed by atoms with van der Waals surface area (Å²) < 4.78 is 15.9. The molecule has 9 nitrogen and oxygen atoms in total. The van der Waals surface area contributed by atoms with Gasteiger partial charge in [-0.05, 0) is 30.3 Å². The van der Waals surface area contributed by atoms with E-state index in [4.69, 9.17) is 14.2 Å². The molecule has 1 aliphatic heterocycles. The van der Waals surface area contributed by atoms with Gasteiger partial charge in [-0.1, -0.05) is 12.1 Å². The van der Waals surface area contributed by atoms with Gasteiger partial charge in [-0.3, -0.25) is 9.59 Å². The molecule has 1 aromatic heterocycles. The zero-order valence-electron chi connectivity index (χ0n) is 17.0. The number of nitriles is 1. The van der Waals surface area contributed by atoms with Crippen molar-refractivity contribution >= 4 is 28.4 Å². The Balaban J connectivity index is 1.33. The molecule has 2 heterocycles. The highest BCUT2D eigenvalue weighted by Gasteiger charge is 2.18. The number of nitrogens with one attached hydrogen (secondary N) is 1. The van der Waals surface area contributed by atoms with Gasteiger partial charge in [0.25, 0.3) is 0 Å². The number of ether oxygens (including phenoxy) is 3. The first-order valence-electron chi connectivity index (χ1n) is 9.91. The molecule has 0 radical (unpaired) electrons. The first kappa shape index (κ1) is 20.9. The Morgan fingerprint density at radius 3 is 2.69 bits per heavy atom. The molecular formula is C23H19N3O6. The van der Waals surface area contributed by atoms with E-state index in [1.165, 1.54) is 0 Å². The molecule has 9 heteroatoms. The second-order valence-electron chi connectivity index (χ2n) is 6.98. The monoisotopic (exact) mass is 433 g/mol. The summed E-state index contributed by atoms with van der Waals surface area (Å²) in [6, 6.07) is 13.9. The molecular weight excluding hydrogens is 414 g/mol. The number of H-pyrrole nitrogens is 1. The number of fused-ring (bicyclic) bond motifs is 2. The maximum Gasteiger partial charge on any atom is 0.306 e. The molecule has 2 N–H and O–H groups in total. The van der Waals surface area contributed by atoms with Crippen LogP contribution >= 0.6 is 0 Å². The molecule has 0 saturated carbocycles. The Labute approximate surface area is 182 Å². The summed E-state index contributed by atoms with van der Waals surface area (Å²) in [4.78, 5) is 31.6. The van der Waals surface area contributed by atoms with Crippen molar-refractivity contribution in [1.82, 2.24) is 9.97 Å². The second-order valence-corrected chi connectivity index (χ2v) is 6.98. The standard InChI is InChI=1S/C23H19N3O6/c24-12-15(23-25-16-3-1-2-4-17(16)26-23)19(28)13-32-22(29)8-6-18(27)14-5-7-20-21(11-14)31-10-9-30-20/h1-5,7,11,28H,6,8-10,13H2,(H,25,26)/b19-15+. The van der Waals surface area contributed by atoms with Gasteiger partial charge in [0.2, 0.25) is 0 Å². The Hall–Kier alpha value is -4.32. The van der Waals surface area contributed by atoms with Gasteiger partial charge in [0.15, 0.2) is 28.9 Å². The summed E-state index contributed by atoms with van der Waals surface area (Å²) in [7, 11) is 0. The quantitative estimate of drug-likeness (QED) is 0.251. The third-order valence-electron chi connectivity index (χ3n) is 4.82. The van der Waals surface area contributed by atoms with E-state index in [1.807, 2.05) is 12.1 Å². The number of benzene rings is 2. The minimum Gasteiger partial charge on any atom is -0.507 e. The summed E-state index contributed by atoms with van der Waals surface area (Å²) in [6.45, 7) is 0.362. The zero-order chi connectivity index (χ0) is 22.5. The molecule has 0 atom stereocenters. The highest BCUT2D eigenvalue weighted by molar-refractivity contribution is 5.98. The van der Waals surface area contributed by atoms with Crippen LogP contribution in [0.2, 0.25) is 0 Å². The van der Waals surface area contributed by atoms with Crippen molar-refractivity contribution < 1.29 is 28.9 Å². The number of allylic oxidation sites excluding steroid dienone is 1. The Bertz CT molecular complexity index is 1220. The van der Waals surface area contributed by atoms with Crippen LogP contribution in [0.4, 0.5) is 0 Å². The van der Waals surface area contributed by atoms with E-state index in [-0.39, 0.29) is 30.0 Å². The largest absolute Gasteiger partial charge is 0.507 e. The lowest BCUT2D eigenvalue weighted by molar-refractivity contribution is -0.143. The first-order chi connectivity index (χ1) is 15.5. The molecule has 0 saturated heterocycles. The van der Waals surface area contributed by atoms with E-state index in [1.54, 1.807) is 36.4 Å². The van der Waals surface area contributed by atoms with Crippen molar-refractivity contribution in [2.45, 2.75) is 12.8 Å². The predicted molar refractivity (Wildman–Crippen MR) is 113 cm³/mol. The van der Waals surface area contributed by atoms with Crippen LogP contribution < -0.4 is 9.47 Å². The molecule has 0 bridgehead atoms. The number of aliphatic hydroxyl groups is 1. The Morgan fingerprint density at radius 1 is 1.12 bits per heavy atom. The molecule has 32 heavy (non-hydrogen) atoms. The van der Waals surface area contributed by atoms with E-state index in [0.717, 1.165) is 0 Å². The predicted octanol–water partition coefficient (Wildman–Crippen LogP) is 3.33. The van der Waals surface area contributed by atoms with Crippen LogP contribution in [0.3, 0.4) is 0 Å². The van der Waals surface area contributed by atoms with E-state index in [2.05, 4.69) is 9.97 Å². The van der Waals surface area contributed by atoms with Gasteiger partial charge < -0.3 is 24.3 Å². The number of hydrogen-bond acceptors (Lipinski definition) is 8. The fourth-order valence-corrected chi connectivity index (χ4v) is 3.20. The van der Waals surface area contributed by atoms with Gasteiger partial charge in [0.1, 0.15) is 31.5 Å². The summed E-state index contributed by atoms with van der Waals surface area (Å²) >= 11 is 0. The lowest BCUT2D eigenvalue weighted by atomic mass is 10.1. The van der Waals surface area contributed by atoms with Crippen LogP contribution in [0.25, 0.3) is 16.6 Å². The Kier molecular flexibility index (Phi) is 6.03. The highest BCUT2D eigenvalue weighted by atomic mass is 16.6. The average Bonchev–Trinajstić information content (AvgIpc) is 3.25. The number of carbonyl (C=O) groups excluding carboxylic acids is 2. The number of Topliss-reactive ketones (excluding diaryl/α,β-unsaturated/α-hetero) is 1. The minimum absolute atomic E-state index is 0.0718. The maximum absolute atomic E-state index is 12.4. The lowest BCUT2D eigenvalue weighted by Crippen LogP contribution is -2.16. The number of para-hydroxylation sites is 2. The molecule has 2 aromatic carbocycles. The molecule has 0 amide bonds. The molecule has 0 spiro atoms. The third-order valence-corrected chi connectivity index (χ3v) is 4.82. The van der Waals surface area contributed by atoms with Gasteiger partial charge in [-0.25, -0.2) is 4.98 Å². The number of imidazole rings is 1. The molecule has 162 valence electrons. The summed E-state index contributed by atoms with van der Waals surface area (Å²) in [6.07, 6.45) is -0.245. The van der Waals surface area contributed by atoms with Crippen LogP contribution in [-0.2, 0) is 9.53 Å². The zero-order valence-corrected chi connectivity index (χ0v) is 17.0. The van der Waals surface area contributed by atoms with Crippen LogP contribution in [0.1, 0.15) is 29.0 Å². The van der Waals surface area contributed by atoms with Gasteiger partial charge in [-0.15, -0.1) is 0 Å². The van der Waals surface area contributed by atoms with E-state index in [9.17, 15) is 20.0 Å². The fourth-order valence-electron chi connectivity index (χ4n) is 3.20. The number of aliphatic hydroxyl groups excluding tert-OH is 1. The number of nitrogens with zero attached hydrogens (tertiary/aromatic N) is 2. The van der Waals surface area contributed by atoms with E-state index in [0.29, 0.717) is 41.3 Å². The number of esters is 1. The number of aromatic nitrogens is 2. The van der Waals surface area contributed by atoms with E-state index < -0.39 is 18.3 Å². The number of ketones is 1. The van der Waals surface area contributed by atoms with Crippen LogP contribution in [-0.4, -0.2) is 46.6 Å². The van der Waals surface area contributed by atoms with Crippen molar-refractivity contribution in [2.75, 3.05) is 19.8 Å². The average molecular weight is 433 g/mol. The first-order valence-corrected chi connectivity index (χ1v) is 9.91. The second kappa shape index (κ2) is 9.22. The van der Waals surface area contributed by atoms with Gasteiger partial charge >= 0.3 is 5.97 Å². The number of hydrogen-bond donors (Lipinski definition) is 2. The van der Waals surface area contributed by atoms with Gasteiger partial charge in [-0.2, -0.15) is 5.26 Å². The van der Waals surface area contributed by atoms with Crippen molar-refractivity contribution in [1.29, 1.82) is 5.26 Å². The van der Waals surface area contributed by atoms with Crippen LogP contribution in [0.5, 0.6) is 11.5 Å². The Morgan fingerprint density at radius 2 is 1.91 bits per heavy atom. The molecule has 1 aliphatic rings. The number of rotatable bonds is 7. The fraction of sp³-hybridized carbons (Fsp3) is 0.217. The summed E-state index contributed by atoms with van der Waals surface area (Å²) in [5.74, 6) is -0.112. The maximum atomic E-state index is 12.4. The van der Waals surface area contributed by atoms with Crippen molar-refractivity contribution in [3.63, 3.8) is 0 Å². The summed E-state index contributed by atoms with van der Waals surface area (Å²) in [5.41, 5.74) is 1.62. The van der Waals surface area contributed by atoms with Crippen molar-refractivity contribution in [3.05, 3.63) is 59.6 Å². The lowest BCUT2D eigenvalue weighted by Gasteiger charge is -2.18. The van der Waals surface area contributed by atoms with Gasteiger partial charge in [0, 0.05) is 12.0 Å². The van der Waals surface area contributed by atoms with E-state index >= 15 is 0 Å². The smallest absolute Gasteiger partial charge is 0.306 e.